The van der Waals surface area contributed by atoms with Gasteiger partial charge in [-0.25, -0.2) is 0 Å². The summed E-state index contributed by atoms with van der Waals surface area (Å²) in [6.45, 7) is 0.174. The number of hydrogen-bond acceptors (Lipinski definition) is 3. The number of carboxylic acids is 1. The Bertz CT molecular complexity index is 541. The number of nitrogens with zero attached hydrogens (tertiary/aromatic N) is 1. The molecule has 0 aliphatic carbocycles. The van der Waals surface area contributed by atoms with E-state index in [2.05, 4.69) is 0 Å². The number of para-hydroxylation sites is 1. The Morgan fingerprint density at radius 1 is 1.33 bits per heavy atom. The number of fused-ring (bicyclic) bond motifs is 1. The molecule has 1 aromatic carbocycles. The Labute approximate surface area is 108 Å². The zero-order chi connectivity index (χ0) is 13.3. The largest absolute Gasteiger partial charge is 0.481 e. The quantitative estimate of drug-likeness (QED) is 0.843. The normalized spacial score (nSPS) is 13.9. The number of ketones is 1. The number of benzene rings is 1. The summed E-state index contributed by atoms with van der Waals surface area (Å²) in [6.07, 6.45) is 0.219. The average molecular weight is 268 g/mol. The molecular formula is C12H10ClNO4. The second-order valence-corrected chi connectivity index (χ2v) is 4.33. The molecule has 0 atom stereocenters. The minimum atomic E-state index is -0.938. The molecule has 1 N–H and O–H groups in total. The van der Waals surface area contributed by atoms with Gasteiger partial charge in [0.15, 0.2) is 0 Å². The highest BCUT2D eigenvalue weighted by molar-refractivity contribution is 6.54. The minimum absolute atomic E-state index is 0.0578. The van der Waals surface area contributed by atoms with Crippen molar-refractivity contribution < 1.29 is 19.5 Å². The molecule has 2 rings (SSSR count). The van der Waals surface area contributed by atoms with Crippen molar-refractivity contribution >= 4 is 34.9 Å². The Morgan fingerprint density at radius 2 is 2.06 bits per heavy atom. The first-order valence-corrected chi connectivity index (χ1v) is 5.76. The summed E-state index contributed by atoms with van der Waals surface area (Å²) in [5, 5.41) is 8.88. The lowest BCUT2D eigenvalue weighted by Crippen LogP contribution is -2.31. The maximum absolute atomic E-state index is 11.8. The Balaban J connectivity index is 2.25. The van der Waals surface area contributed by atoms with E-state index in [1.54, 1.807) is 18.2 Å². The fraction of sp³-hybridized carbons (Fsp3) is 0.250. The highest BCUT2D eigenvalue weighted by Gasteiger charge is 2.36. The second-order valence-electron chi connectivity index (χ2n) is 3.92. The van der Waals surface area contributed by atoms with E-state index in [4.69, 9.17) is 16.7 Å². The fourth-order valence-electron chi connectivity index (χ4n) is 1.91. The van der Waals surface area contributed by atoms with Crippen LogP contribution in [0.4, 0.5) is 5.69 Å². The molecule has 0 bridgehead atoms. The maximum Gasteiger partial charge on any atom is 0.303 e. The zero-order valence-electron chi connectivity index (χ0n) is 9.35. The van der Waals surface area contributed by atoms with Crippen LogP contribution in [0.15, 0.2) is 18.2 Å². The molecular weight excluding hydrogens is 258 g/mol. The molecule has 1 aliphatic heterocycles. The predicted octanol–water partition coefficient (Wildman–Crippen LogP) is 1.73. The number of Topliss-reactive ketones (excluding diaryl/α,β-unsaturated/α-hetero) is 1. The monoisotopic (exact) mass is 267 g/mol. The van der Waals surface area contributed by atoms with E-state index >= 15 is 0 Å². The minimum Gasteiger partial charge on any atom is -0.481 e. The molecule has 0 unspecified atom stereocenters. The van der Waals surface area contributed by atoms with Gasteiger partial charge in [-0.15, -0.1) is 0 Å². The summed E-state index contributed by atoms with van der Waals surface area (Å²) in [6, 6.07) is 4.74. The molecule has 94 valence electrons. The zero-order valence-corrected chi connectivity index (χ0v) is 10.1. The van der Waals surface area contributed by atoms with Crippen LogP contribution < -0.4 is 4.90 Å². The fourth-order valence-corrected chi connectivity index (χ4v) is 2.19. The summed E-state index contributed by atoms with van der Waals surface area (Å²) in [4.78, 5) is 35.1. The molecule has 0 aromatic heterocycles. The van der Waals surface area contributed by atoms with Gasteiger partial charge in [-0.1, -0.05) is 17.7 Å². The number of halogens is 1. The van der Waals surface area contributed by atoms with Crippen molar-refractivity contribution in [1.29, 1.82) is 0 Å². The Kier molecular flexibility index (Phi) is 3.34. The first-order valence-electron chi connectivity index (χ1n) is 5.39. The van der Waals surface area contributed by atoms with Gasteiger partial charge in [0, 0.05) is 13.0 Å². The van der Waals surface area contributed by atoms with Crippen LogP contribution in [0.3, 0.4) is 0 Å². The molecule has 0 spiro atoms. The van der Waals surface area contributed by atoms with Crippen molar-refractivity contribution in [3.05, 3.63) is 28.8 Å². The van der Waals surface area contributed by atoms with Crippen molar-refractivity contribution in [2.75, 3.05) is 11.4 Å². The van der Waals surface area contributed by atoms with E-state index in [-0.39, 0.29) is 24.9 Å². The van der Waals surface area contributed by atoms with Gasteiger partial charge in [-0.05, 0) is 18.6 Å². The standard InChI is InChI=1S/C12H10ClNO4/c13-8-4-1-3-7-10(8)14(12(18)11(7)17)6-2-5-9(15)16/h1,3-4H,2,5-6H2,(H,15,16). The van der Waals surface area contributed by atoms with E-state index in [1.807, 2.05) is 0 Å². The number of carbonyl (C=O) groups is 3. The summed E-state index contributed by atoms with van der Waals surface area (Å²) in [5.74, 6) is -2.18. The lowest BCUT2D eigenvalue weighted by atomic mass is 10.1. The average Bonchev–Trinajstić information content (AvgIpc) is 2.55. The van der Waals surface area contributed by atoms with Gasteiger partial charge in [0.05, 0.1) is 16.3 Å². The van der Waals surface area contributed by atoms with Gasteiger partial charge in [-0.3, -0.25) is 14.4 Å². The van der Waals surface area contributed by atoms with Crippen molar-refractivity contribution in [3.63, 3.8) is 0 Å². The molecule has 1 heterocycles. The highest BCUT2D eigenvalue weighted by Crippen LogP contribution is 2.35. The van der Waals surface area contributed by atoms with Gasteiger partial charge >= 0.3 is 5.97 Å². The Hall–Kier alpha value is -1.88. The van der Waals surface area contributed by atoms with E-state index in [0.717, 1.165) is 0 Å². The number of carboxylic acid groups (broad SMARTS) is 1. The number of carbonyl (C=O) groups excluding carboxylic acids is 2. The molecule has 0 radical (unpaired) electrons. The molecule has 18 heavy (non-hydrogen) atoms. The number of rotatable bonds is 4. The van der Waals surface area contributed by atoms with Crippen LogP contribution in [0, 0.1) is 0 Å². The topological polar surface area (TPSA) is 74.7 Å². The van der Waals surface area contributed by atoms with Crippen molar-refractivity contribution in [2.45, 2.75) is 12.8 Å². The summed E-state index contributed by atoms with van der Waals surface area (Å²) >= 11 is 5.97. The van der Waals surface area contributed by atoms with Crippen LogP contribution in [0.2, 0.25) is 5.02 Å². The molecule has 6 heteroatoms. The number of aliphatic carboxylic acids is 1. The van der Waals surface area contributed by atoms with Crippen LogP contribution in [-0.2, 0) is 9.59 Å². The number of hydrogen-bond donors (Lipinski definition) is 1. The van der Waals surface area contributed by atoms with Gasteiger partial charge in [0.2, 0.25) is 0 Å². The van der Waals surface area contributed by atoms with Crippen LogP contribution in [0.25, 0.3) is 0 Å². The van der Waals surface area contributed by atoms with Gasteiger partial charge in [0.1, 0.15) is 0 Å². The van der Waals surface area contributed by atoms with E-state index in [0.29, 0.717) is 10.7 Å². The van der Waals surface area contributed by atoms with Gasteiger partial charge in [0.25, 0.3) is 11.7 Å². The van der Waals surface area contributed by atoms with Crippen LogP contribution >= 0.6 is 11.6 Å². The smallest absolute Gasteiger partial charge is 0.303 e. The lowest BCUT2D eigenvalue weighted by Gasteiger charge is -2.16. The summed E-state index contributed by atoms with van der Waals surface area (Å²) < 4.78 is 0. The van der Waals surface area contributed by atoms with Crippen molar-refractivity contribution in [2.24, 2.45) is 0 Å². The van der Waals surface area contributed by atoms with E-state index < -0.39 is 17.7 Å². The molecule has 0 fully saturated rings. The Morgan fingerprint density at radius 3 is 2.72 bits per heavy atom. The van der Waals surface area contributed by atoms with E-state index in [9.17, 15) is 14.4 Å². The van der Waals surface area contributed by atoms with Gasteiger partial charge < -0.3 is 10.0 Å². The molecule has 5 nitrogen and oxygen atoms in total. The first kappa shape index (κ1) is 12.6. The predicted molar refractivity (Wildman–Crippen MR) is 65.0 cm³/mol. The lowest BCUT2D eigenvalue weighted by molar-refractivity contribution is -0.137. The molecule has 1 aromatic rings. The third kappa shape index (κ3) is 2.09. The summed E-state index contributed by atoms with van der Waals surface area (Å²) in [5.41, 5.74) is 0.669. The van der Waals surface area contributed by atoms with Crippen molar-refractivity contribution in [1.82, 2.24) is 0 Å². The SMILES string of the molecule is O=C(O)CCCN1C(=O)C(=O)c2cccc(Cl)c21. The van der Waals surface area contributed by atoms with E-state index in [1.165, 1.54) is 4.90 Å². The van der Waals surface area contributed by atoms with Crippen LogP contribution in [0.5, 0.6) is 0 Å². The summed E-state index contributed by atoms with van der Waals surface area (Å²) in [7, 11) is 0. The third-order valence-corrected chi connectivity index (χ3v) is 3.02. The van der Waals surface area contributed by atoms with Crippen LogP contribution in [-0.4, -0.2) is 29.3 Å². The number of amides is 1. The second kappa shape index (κ2) is 4.78. The highest BCUT2D eigenvalue weighted by atomic mass is 35.5. The van der Waals surface area contributed by atoms with Gasteiger partial charge in [-0.2, -0.15) is 0 Å². The molecule has 1 aliphatic rings. The maximum atomic E-state index is 11.8. The molecule has 0 saturated heterocycles. The van der Waals surface area contributed by atoms with Crippen molar-refractivity contribution in [3.8, 4) is 0 Å². The third-order valence-electron chi connectivity index (χ3n) is 2.71. The molecule has 0 saturated carbocycles. The molecule has 1 amide bonds. The van der Waals surface area contributed by atoms with Crippen LogP contribution in [0.1, 0.15) is 23.2 Å². The number of anilines is 1. The first-order chi connectivity index (χ1) is 8.52.